The topological polar surface area (TPSA) is 52.1 Å². The molecule has 0 spiro atoms. The third-order valence-electron chi connectivity index (χ3n) is 2.42. The SMILES string of the molecule is COC(=O)C1CCc2c(Cl)ncnc21. The number of hydrogen-bond acceptors (Lipinski definition) is 4. The summed E-state index contributed by atoms with van der Waals surface area (Å²) in [4.78, 5) is 19.3. The Morgan fingerprint density at radius 3 is 3.14 bits per heavy atom. The summed E-state index contributed by atoms with van der Waals surface area (Å²) in [5.41, 5.74) is 1.60. The average molecular weight is 213 g/mol. The lowest BCUT2D eigenvalue weighted by Crippen LogP contribution is -2.12. The Morgan fingerprint density at radius 1 is 1.64 bits per heavy atom. The van der Waals surface area contributed by atoms with Crippen LogP contribution < -0.4 is 0 Å². The number of aromatic nitrogens is 2. The quantitative estimate of drug-likeness (QED) is 0.521. The first-order chi connectivity index (χ1) is 6.74. The lowest BCUT2D eigenvalue weighted by Gasteiger charge is -2.06. The molecule has 0 radical (unpaired) electrons. The van der Waals surface area contributed by atoms with Crippen LogP contribution in [0.3, 0.4) is 0 Å². The van der Waals surface area contributed by atoms with Crippen molar-refractivity contribution in [1.29, 1.82) is 0 Å². The second-order valence-electron chi connectivity index (χ2n) is 3.14. The fourth-order valence-corrected chi connectivity index (χ4v) is 1.97. The lowest BCUT2D eigenvalue weighted by molar-refractivity contribution is -0.142. The highest BCUT2D eigenvalue weighted by molar-refractivity contribution is 6.30. The molecule has 4 nitrogen and oxygen atoms in total. The van der Waals surface area contributed by atoms with E-state index in [0.29, 0.717) is 11.6 Å². The summed E-state index contributed by atoms with van der Waals surface area (Å²) in [5, 5.41) is 0.446. The molecule has 0 N–H and O–H groups in total. The molecule has 1 atom stereocenters. The van der Waals surface area contributed by atoms with Gasteiger partial charge in [0.15, 0.2) is 0 Å². The monoisotopic (exact) mass is 212 g/mol. The maximum absolute atomic E-state index is 11.4. The molecule has 0 fully saturated rings. The average Bonchev–Trinajstić information content (AvgIpc) is 2.62. The van der Waals surface area contributed by atoms with E-state index in [0.717, 1.165) is 17.7 Å². The number of nitrogens with zero attached hydrogens (tertiary/aromatic N) is 2. The van der Waals surface area contributed by atoms with Crippen LogP contribution in [0.1, 0.15) is 23.6 Å². The van der Waals surface area contributed by atoms with Gasteiger partial charge < -0.3 is 4.74 Å². The van der Waals surface area contributed by atoms with Gasteiger partial charge in [-0.2, -0.15) is 0 Å². The third-order valence-corrected chi connectivity index (χ3v) is 2.75. The Bertz CT molecular complexity index is 381. The van der Waals surface area contributed by atoms with Gasteiger partial charge in [-0.25, -0.2) is 9.97 Å². The largest absolute Gasteiger partial charge is 0.469 e. The molecule has 1 aromatic rings. The van der Waals surface area contributed by atoms with E-state index in [2.05, 4.69) is 14.7 Å². The molecule has 0 amide bonds. The van der Waals surface area contributed by atoms with E-state index in [-0.39, 0.29) is 11.9 Å². The molecule has 0 saturated heterocycles. The molecule has 1 aliphatic carbocycles. The summed E-state index contributed by atoms with van der Waals surface area (Å²) in [6.45, 7) is 0. The van der Waals surface area contributed by atoms with Crippen molar-refractivity contribution >= 4 is 17.6 Å². The number of carbonyl (C=O) groups excluding carboxylic acids is 1. The maximum atomic E-state index is 11.4. The van der Waals surface area contributed by atoms with Crippen molar-refractivity contribution in [2.45, 2.75) is 18.8 Å². The van der Waals surface area contributed by atoms with Crippen molar-refractivity contribution in [3.05, 3.63) is 22.7 Å². The smallest absolute Gasteiger partial charge is 0.314 e. The van der Waals surface area contributed by atoms with E-state index in [1.807, 2.05) is 0 Å². The Kier molecular flexibility index (Phi) is 2.37. The van der Waals surface area contributed by atoms with E-state index in [9.17, 15) is 4.79 Å². The first-order valence-electron chi connectivity index (χ1n) is 4.31. The number of rotatable bonds is 1. The number of methoxy groups -OCH3 is 1. The first-order valence-corrected chi connectivity index (χ1v) is 4.69. The van der Waals surface area contributed by atoms with Crippen LogP contribution >= 0.6 is 11.6 Å². The molecule has 0 aromatic carbocycles. The van der Waals surface area contributed by atoms with Gasteiger partial charge in [0, 0.05) is 5.56 Å². The van der Waals surface area contributed by atoms with Gasteiger partial charge in [-0.15, -0.1) is 0 Å². The van der Waals surface area contributed by atoms with E-state index in [4.69, 9.17) is 11.6 Å². The zero-order valence-corrected chi connectivity index (χ0v) is 8.41. The van der Waals surface area contributed by atoms with E-state index >= 15 is 0 Å². The summed E-state index contributed by atoms with van der Waals surface area (Å²) in [6.07, 6.45) is 2.83. The minimum atomic E-state index is -0.268. The number of carbonyl (C=O) groups is 1. The van der Waals surface area contributed by atoms with Crippen LogP contribution in [0.4, 0.5) is 0 Å². The maximum Gasteiger partial charge on any atom is 0.314 e. The van der Waals surface area contributed by atoms with Gasteiger partial charge in [-0.1, -0.05) is 11.6 Å². The molecular formula is C9H9ClN2O2. The fraction of sp³-hybridized carbons (Fsp3) is 0.444. The zero-order valence-electron chi connectivity index (χ0n) is 7.66. The standard InChI is InChI=1S/C9H9ClN2O2/c1-14-9(13)6-3-2-5-7(6)11-4-12-8(5)10/h4,6H,2-3H2,1H3. The van der Waals surface area contributed by atoms with Crippen LogP contribution in [0, 0.1) is 0 Å². The predicted octanol–water partition coefficient (Wildman–Crippen LogP) is 1.33. The minimum Gasteiger partial charge on any atom is -0.469 e. The van der Waals surface area contributed by atoms with Crippen LogP contribution in [0.25, 0.3) is 0 Å². The molecular weight excluding hydrogens is 204 g/mol. The molecule has 1 heterocycles. The van der Waals surface area contributed by atoms with Crippen molar-refractivity contribution in [2.24, 2.45) is 0 Å². The van der Waals surface area contributed by atoms with Crippen molar-refractivity contribution in [3.63, 3.8) is 0 Å². The second-order valence-corrected chi connectivity index (χ2v) is 3.50. The van der Waals surface area contributed by atoms with E-state index in [1.54, 1.807) is 0 Å². The van der Waals surface area contributed by atoms with Crippen molar-refractivity contribution < 1.29 is 9.53 Å². The Balaban J connectivity index is 2.40. The van der Waals surface area contributed by atoms with Crippen LogP contribution in [-0.2, 0) is 16.0 Å². The normalized spacial score (nSPS) is 19.1. The van der Waals surface area contributed by atoms with Crippen molar-refractivity contribution in [1.82, 2.24) is 9.97 Å². The number of hydrogen-bond donors (Lipinski definition) is 0. The van der Waals surface area contributed by atoms with Crippen LogP contribution in [0.5, 0.6) is 0 Å². The molecule has 0 bridgehead atoms. The third kappa shape index (κ3) is 1.35. The number of ether oxygens (including phenoxy) is 1. The van der Waals surface area contributed by atoms with E-state index in [1.165, 1.54) is 13.4 Å². The molecule has 0 aliphatic heterocycles. The highest BCUT2D eigenvalue weighted by Crippen LogP contribution is 2.34. The number of fused-ring (bicyclic) bond motifs is 1. The second kappa shape index (κ2) is 3.53. The van der Waals surface area contributed by atoms with Crippen LogP contribution in [0.2, 0.25) is 5.15 Å². The summed E-state index contributed by atoms with van der Waals surface area (Å²) in [7, 11) is 1.38. The molecule has 1 aromatic heterocycles. The van der Waals surface area contributed by atoms with Gasteiger partial charge in [-0.05, 0) is 12.8 Å². The van der Waals surface area contributed by atoms with Crippen molar-refractivity contribution in [3.8, 4) is 0 Å². The molecule has 1 aliphatic rings. The fourth-order valence-electron chi connectivity index (χ4n) is 1.73. The Morgan fingerprint density at radius 2 is 2.43 bits per heavy atom. The summed E-state index contributed by atoms with van der Waals surface area (Å²) in [5.74, 6) is -0.519. The van der Waals surface area contributed by atoms with E-state index < -0.39 is 0 Å². The summed E-state index contributed by atoms with van der Waals surface area (Å²) in [6, 6.07) is 0. The van der Waals surface area contributed by atoms with Crippen molar-refractivity contribution in [2.75, 3.05) is 7.11 Å². The predicted molar refractivity (Wildman–Crippen MR) is 50.1 cm³/mol. The van der Waals surface area contributed by atoms with Gasteiger partial charge in [0.25, 0.3) is 0 Å². The molecule has 2 rings (SSSR count). The number of esters is 1. The van der Waals surface area contributed by atoms with Crippen LogP contribution in [0.15, 0.2) is 6.33 Å². The van der Waals surface area contributed by atoms with Gasteiger partial charge in [0.05, 0.1) is 18.7 Å². The lowest BCUT2D eigenvalue weighted by atomic mass is 10.1. The highest BCUT2D eigenvalue weighted by atomic mass is 35.5. The molecule has 0 saturated carbocycles. The van der Waals surface area contributed by atoms with Gasteiger partial charge in [0.2, 0.25) is 0 Å². The summed E-state index contributed by atoms with van der Waals surface area (Å²) < 4.78 is 4.69. The van der Waals surface area contributed by atoms with Gasteiger partial charge in [0.1, 0.15) is 11.5 Å². The zero-order chi connectivity index (χ0) is 10.1. The first kappa shape index (κ1) is 9.40. The molecule has 74 valence electrons. The van der Waals surface area contributed by atoms with Gasteiger partial charge >= 0.3 is 5.97 Å². The van der Waals surface area contributed by atoms with Gasteiger partial charge in [-0.3, -0.25) is 4.79 Å². The number of halogens is 1. The van der Waals surface area contributed by atoms with Crippen LogP contribution in [-0.4, -0.2) is 23.0 Å². The highest BCUT2D eigenvalue weighted by Gasteiger charge is 2.32. The molecule has 14 heavy (non-hydrogen) atoms. The molecule has 1 unspecified atom stereocenters. The molecule has 5 heteroatoms. The summed E-state index contributed by atoms with van der Waals surface area (Å²) >= 11 is 5.88. The Labute approximate surface area is 86.3 Å². The minimum absolute atomic E-state index is 0.251. The Hall–Kier alpha value is -1.16.